The van der Waals surface area contributed by atoms with E-state index >= 15 is 0 Å². The molecule has 2 heterocycles. The first kappa shape index (κ1) is 14.3. The smallest absolute Gasteiger partial charge is 0.129 e. The molecule has 2 unspecified atom stereocenters. The van der Waals surface area contributed by atoms with E-state index in [2.05, 4.69) is 32.7 Å². The van der Waals surface area contributed by atoms with Crippen molar-refractivity contribution in [3.63, 3.8) is 0 Å². The van der Waals surface area contributed by atoms with Gasteiger partial charge in [0.25, 0.3) is 0 Å². The summed E-state index contributed by atoms with van der Waals surface area (Å²) < 4.78 is 5.62. The molecule has 1 aromatic rings. The minimum atomic E-state index is 0.0554. The third-order valence-corrected chi connectivity index (χ3v) is 3.86. The highest BCUT2D eigenvalue weighted by molar-refractivity contribution is 5.44. The summed E-state index contributed by atoms with van der Waals surface area (Å²) in [6.07, 6.45) is 1.26. The topological polar surface area (TPSA) is 45.6 Å². The minimum absolute atomic E-state index is 0.0554. The first-order valence-corrected chi connectivity index (χ1v) is 6.99. The molecule has 0 saturated carbocycles. The van der Waals surface area contributed by atoms with Crippen LogP contribution in [0.5, 0.6) is 0 Å². The Labute approximate surface area is 115 Å². The van der Waals surface area contributed by atoms with Crippen LogP contribution < -0.4 is 4.90 Å². The maximum Gasteiger partial charge on any atom is 0.129 e. The van der Waals surface area contributed by atoms with Gasteiger partial charge in [0.2, 0.25) is 0 Å². The molecule has 0 bridgehead atoms. The highest BCUT2D eigenvalue weighted by atomic mass is 16.5. The summed E-state index contributed by atoms with van der Waals surface area (Å²) in [7, 11) is 2.06. The van der Waals surface area contributed by atoms with Crippen LogP contribution in [0.3, 0.4) is 0 Å². The summed E-state index contributed by atoms with van der Waals surface area (Å²) in [4.78, 5) is 6.90. The first-order chi connectivity index (χ1) is 9.02. The van der Waals surface area contributed by atoms with Gasteiger partial charge in [-0.25, -0.2) is 4.98 Å². The van der Waals surface area contributed by atoms with Crippen LogP contribution in [0.2, 0.25) is 0 Å². The second-order valence-corrected chi connectivity index (χ2v) is 5.61. The molecule has 1 aliphatic rings. The molecule has 0 aliphatic carbocycles. The highest BCUT2D eigenvalue weighted by Gasteiger charge is 2.29. The van der Waals surface area contributed by atoms with Crippen molar-refractivity contribution in [1.29, 1.82) is 0 Å². The second-order valence-electron chi connectivity index (χ2n) is 5.61. The molecule has 1 aliphatic heterocycles. The Morgan fingerprint density at radius 1 is 1.47 bits per heavy atom. The molecule has 1 aromatic heterocycles. The standard InChI is InChI=1S/C15H24N2O2/c1-10(2)13-7-12(9-18)8-15(16-13)17(4)14-5-6-19-11(14)3/h7-8,10-11,14,18H,5-6,9H2,1-4H3. The summed E-state index contributed by atoms with van der Waals surface area (Å²) in [5, 5.41) is 9.40. The Balaban J connectivity index is 2.29. The van der Waals surface area contributed by atoms with Crippen molar-refractivity contribution in [2.45, 2.75) is 51.9 Å². The van der Waals surface area contributed by atoms with Crippen LogP contribution in [-0.2, 0) is 11.3 Å². The monoisotopic (exact) mass is 264 g/mol. The SMILES string of the molecule is CC(C)c1cc(CO)cc(N(C)C2CCOC2C)n1. The lowest BCUT2D eigenvalue weighted by Crippen LogP contribution is -2.37. The lowest BCUT2D eigenvalue weighted by molar-refractivity contribution is 0.118. The van der Waals surface area contributed by atoms with Crippen LogP contribution in [-0.4, -0.2) is 35.9 Å². The quantitative estimate of drug-likeness (QED) is 0.906. The van der Waals surface area contributed by atoms with Crippen molar-refractivity contribution in [2.24, 2.45) is 0 Å². The predicted molar refractivity (Wildman–Crippen MR) is 76.5 cm³/mol. The van der Waals surface area contributed by atoms with Gasteiger partial charge in [-0.1, -0.05) is 13.8 Å². The number of nitrogens with zero attached hydrogens (tertiary/aromatic N) is 2. The Morgan fingerprint density at radius 2 is 2.21 bits per heavy atom. The van der Waals surface area contributed by atoms with Gasteiger partial charge in [-0.3, -0.25) is 0 Å². The third-order valence-electron chi connectivity index (χ3n) is 3.86. The number of rotatable bonds is 4. The summed E-state index contributed by atoms with van der Waals surface area (Å²) in [6, 6.07) is 4.31. The van der Waals surface area contributed by atoms with E-state index in [0.29, 0.717) is 12.0 Å². The fraction of sp³-hybridized carbons (Fsp3) is 0.667. The molecule has 0 aromatic carbocycles. The maximum atomic E-state index is 9.40. The molecular weight excluding hydrogens is 240 g/mol. The minimum Gasteiger partial charge on any atom is -0.392 e. The average molecular weight is 264 g/mol. The van der Waals surface area contributed by atoms with Crippen LogP contribution in [0.25, 0.3) is 0 Å². The number of aliphatic hydroxyl groups is 1. The molecule has 1 saturated heterocycles. The van der Waals surface area contributed by atoms with Crippen molar-refractivity contribution >= 4 is 5.82 Å². The van der Waals surface area contributed by atoms with Gasteiger partial charge in [0.15, 0.2) is 0 Å². The van der Waals surface area contributed by atoms with E-state index in [1.807, 2.05) is 12.1 Å². The van der Waals surface area contributed by atoms with Gasteiger partial charge in [0, 0.05) is 19.3 Å². The number of ether oxygens (including phenoxy) is 1. The van der Waals surface area contributed by atoms with Gasteiger partial charge in [-0.15, -0.1) is 0 Å². The number of hydrogen-bond donors (Lipinski definition) is 1. The summed E-state index contributed by atoms with van der Waals surface area (Å²) in [6.45, 7) is 7.21. The number of anilines is 1. The number of likely N-dealkylation sites (N-methyl/N-ethyl adjacent to an activating group) is 1. The van der Waals surface area contributed by atoms with E-state index in [1.165, 1.54) is 0 Å². The highest BCUT2D eigenvalue weighted by Crippen LogP contribution is 2.25. The van der Waals surface area contributed by atoms with Crippen LogP contribution in [0, 0.1) is 0 Å². The van der Waals surface area contributed by atoms with Crippen LogP contribution >= 0.6 is 0 Å². The third kappa shape index (κ3) is 3.07. The molecule has 2 atom stereocenters. The molecule has 106 valence electrons. The Kier molecular flexibility index (Phi) is 4.42. The van der Waals surface area contributed by atoms with E-state index in [-0.39, 0.29) is 12.7 Å². The van der Waals surface area contributed by atoms with Gasteiger partial charge in [-0.05, 0) is 37.0 Å². The van der Waals surface area contributed by atoms with Crippen LogP contribution in [0.15, 0.2) is 12.1 Å². The van der Waals surface area contributed by atoms with Gasteiger partial charge in [0.1, 0.15) is 5.82 Å². The lowest BCUT2D eigenvalue weighted by Gasteiger charge is -2.28. The van der Waals surface area contributed by atoms with Crippen molar-refractivity contribution in [1.82, 2.24) is 4.98 Å². The largest absolute Gasteiger partial charge is 0.392 e. The van der Waals surface area contributed by atoms with Crippen molar-refractivity contribution in [3.05, 3.63) is 23.4 Å². The molecule has 0 spiro atoms. The van der Waals surface area contributed by atoms with Gasteiger partial charge in [0.05, 0.1) is 18.8 Å². The van der Waals surface area contributed by atoms with Gasteiger partial charge in [-0.2, -0.15) is 0 Å². The molecule has 1 N–H and O–H groups in total. The zero-order chi connectivity index (χ0) is 14.0. The van der Waals surface area contributed by atoms with Crippen molar-refractivity contribution in [2.75, 3.05) is 18.6 Å². The van der Waals surface area contributed by atoms with Crippen molar-refractivity contribution in [3.8, 4) is 0 Å². The number of aliphatic hydroxyl groups excluding tert-OH is 1. The lowest BCUT2D eigenvalue weighted by atomic mass is 10.1. The number of pyridine rings is 1. The first-order valence-electron chi connectivity index (χ1n) is 6.99. The van der Waals surface area contributed by atoms with E-state index in [1.54, 1.807) is 0 Å². The molecular formula is C15H24N2O2. The zero-order valence-corrected chi connectivity index (χ0v) is 12.3. The van der Waals surface area contributed by atoms with Crippen LogP contribution in [0.4, 0.5) is 5.82 Å². The average Bonchev–Trinajstić information content (AvgIpc) is 2.83. The second kappa shape index (κ2) is 5.88. The summed E-state index contributed by atoms with van der Waals surface area (Å²) in [5.74, 6) is 1.29. The summed E-state index contributed by atoms with van der Waals surface area (Å²) in [5.41, 5.74) is 1.95. The zero-order valence-electron chi connectivity index (χ0n) is 12.3. The Morgan fingerprint density at radius 3 is 2.74 bits per heavy atom. The van der Waals surface area contributed by atoms with E-state index < -0.39 is 0 Å². The van der Waals surface area contributed by atoms with Crippen LogP contribution in [0.1, 0.15) is 44.4 Å². The predicted octanol–water partition coefficient (Wildman–Crippen LogP) is 2.31. The fourth-order valence-corrected chi connectivity index (χ4v) is 2.56. The maximum absolute atomic E-state index is 9.40. The van der Waals surface area contributed by atoms with Gasteiger partial charge >= 0.3 is 0 Å². The van der Waals surface area contributed by atoms with E-state index in [0.717, 1.165) is 30.1 Å². The Bertz CT molecular complexity index is 434. The molecule has 2 rings (SSSR count). The molecule has 19 heavy (non-hydrogen) atoms. The number of aromatic nitrogens is 1. The molecule has 0 radical (unpaired) electrons. The molecule has 4 nitrogen and oxygen atoms in total. The fourth-order valence-electron chi connectivity index (χ4n) is 2.56. The normalized spacial score (nSPS) is 23.1. The Hall–Kier alpha value is -1.13. The number of hydrogen-bond acceptors (Lipinski definition) is 4. The van der Waals surface area contributed by atoms with Crippen molar-refractivity contribution < 1.29 is 9.84 Å². The summed E-state index contributed by atoms with van der Waals surface area (Å²) >= 11 is 0. The van der Waals surface area contributed by atoms with E-state index in [9.17, 15) is 5.11 Å². The van der Waals surface area contributed by atoms with Gasteiger partial charge < -0.3 is 14.7 Å². The molecule has 4 heteroatoms. The molecule has 1 fully saturated rings. The molecule has 0 amide bonds. The van der Waals surface area contributed by atoms with E-state index in [4.69, 9.17) is 9.72 Å².